The van der Waals surface area contributed by atoms with Crippen LogP contribution in [0, 0.1) is 0 Å². The van der Waals surface area contributed by atoms with Crippen LogP contribution in [0.2, 0.25) is 0 Å². The molecule has 0 atom stereocenters. The number of nitrogens with two attached hydrogens (primary N) is 1. The molecule has 0 amide bonds. The Morgan fingerprint density at radius 2 is 2.05 bits per heavy atom. The van der Waals surface area contributed by atoms with Gasteiger partial charge in [-0.05, 0) is 40.1 Å². The Morgan fingerprint density at radius 3 is 2.84 bits per heavy atom. The van der Waals surface area contributed by atoms with E-state index in [1.807, 2.05) is 6.07 Å². The predicted molar refractivity (Wildman–Crippen MR) is 81.7 cm³/mol. The van der Waals surface area contributed by atoms with Crippen LogP contribution in [0.5, 0.6) is 5.75 Å². The van der Waals surface area contributed by atoms with E-state index in [2.05, 4.69) is 41.8 Å². The summed E-state index contributed by atoms with van der Waals surface area (Å²) in [5, 5.41) is 3.41. The minimum Gasteiger partial charge on any atom is -0.496 e. The van der Waals surface area contributed by atoms with Crippen LogP contribution < -0.4 is 10.5 Å². The van der Waals surface area contributed by atoms with Crippen LogP contribution in [-0.2, 0) is 6.54 Å². The van der Waals surface area contributed by atoms with Crippen LogP contribution in [-0.4, -0.2) is 7.11 Å². The molecular weight excluding hydrogens is 254 g/mol. The topological polar surface area (TPSA) is 35.2 Å². The molecule has 19 heavy (non-hydrogen) atoms. The zero-order chi connectivity index (χ0) is 13.2. The first-order chi connectivity index (χ1) is 9.33. The average Bonchev–Trinajstić information content (AvgIpc) is 2.94. The van der Waals surface area contributed by atoms with Gasteiger partial charge in [-0.15, -0.1) is 11.3 Å². The van der Waals surface area contributed by atoms with Crippen molar-refractivity contribution in [3.8, 4) is 16.9 Å². The average molecular weight is 269 g/mol. The minimum absolute atomic E-state index is 0.484. The van der Waals surface area contributed by atoms with Crippen molar-refractivity contribution in [1.29, 1.82) is 0 Å². The summed E-state index contributed by atoms with van der Waals surface area (Å²) < 4.78 is 6.64. The zero-order valence-corrected chi connectivity index (χ0v) is 11.5. The first-order valence-electron chi connectivity index (χ1n) is 6.17. The Morgan fingerprint density at radius 1 is 1.16 bits per heavy atom. The van der Waals surface area contributed by atoms with Gasteiger partial charge >= 0.3 is 0 Å². The number of thiophene rings is 1. The van der Waals surface area contributed by atoms with Crippen LogP contribution in [0.1, 0.15) is 5.56 Å². The lowest BCUT2D eigenvalue weighted by Crippen LogP contribution is -2.00. The summed E-state index contributed by atoms with van der Waals surface area (Å²) in [6, 6.07) is 14.7. The molecule has 0 radical (unpaired) electrons. The Kier molecular flexibility index (Phi) is 3.23. The third-order valence-electron chi connectivity index (χ3n) is 3.29. The molecule has 1 aromatic heterocycles. The maximum absolute atomic E-state index is 5.79. The normalized spacial score (nSPS) is 10.8. The number of hydrogen-bond acceptors (Lipinski definition) is 3. The van der Waals surface area contributed by atoms with Gasteiger partial charge in [-0.2, -0.15) is 0 Å². The van der Waals surface area contributed by atoms with E-state index in [1.54, 1.807) is 18.4 Å². The highest BCUT2D eigenvalue weighted by Gasteiger charge is 2.08. The number of hydrogen-bond donors (Lipinski definition) is 1. The molecule has 0 unspecified atom stereocenters. The van der Waals surface area contributed by atoms with Gasteiger partial charge in [0, 0.05) is 16.8 Å². The molecule has 2 aromatic carbocycles. The van der Waals surface area contributed by atoms with Gasteiger partial charge in [0.1, 0.15) is 5.75 Å². The van der Waals surface area contributed by atoms with Crippen molar-refractivity contribution in [2.24, 2.45) is 5.73 Å². The van der Waals surface area contributed by atoms with Crippen LogP contribution in [0.25, 0.3) is 21.2 Å². The van der Waals surface area contributed by atoms with Crippen molar-refractivity contribution in [3.05, 3.63) is 53.4 Å². The Balaban J connectivity index is 2.19. The molecule has 3 aromatic rings. The van der Waals surface area contributed by atoms with Gasteiger partial charge in [-0.3, -0.25) is 0 Å². The lowest BCUT2D eigenvalue weighted by atomic mass is 10.0. The molecule has 2 N–H and O–H groups in total. The molecule has 0 aliphatic heterocycles. The van der Waals surface area contributed by atoms with Gasteiger partial charge in [0.2, 0.25) is 0 Å². The van der Waals surface area contributed by atoms with E-state index in [4.69, 9.17) is 10.5 Å². The number of rotatable bonds is 3. The quantitative estimate of drug-likeness (QED) is 0.779. The van der Waals surface area contributed by atoms with Crippen molar-refractivity contribution >= 4 is 21.4 Å². The Labute approximate surface area is 116 Å². The van der Waals surface area contributed by atoms with Crippen LogP contribution >= 0.6 is 11.3 Å². The Bertz CT molecular complexity index is 718. The van der Waals surface area contributed by atoms with Crippen molar-refractivity contribution < 1.29 is 4.74 Å². The molecule has 0 aliphatic rings. The number of benzene rings is 2. The fraction of sp³-hybridized carbons (Fsp3) is 0.125. The molecule has 0 fully saturated rings. The zero-order valence-electron chi connectivity index (χ0n) is 10.7. The third kappa shape index (κ3) is 2.11. The second-order valence-electron chi connectivity index (χ2n) is 4.38. The first-order valence-corrected chi connectivity index (χ1v) is 7.05. The molecule has 96 valence electrons. The SMILES string of the molecule is COc1ccc(-c2cccc3ccsc23)cc1CN. The van der Waals surface area contributed by atoms with Crippen LogP contribution in [0.15, 0.2) is 47.8 Å². The van der Waals surface area contributed by atoms with Crippen molar-refractivity contribution in [2.75, 3.05) is 7.11 Å². The molecule has 0 aliphatic carbocycles. The molecule has 3 rings (SSSR count). The van der Waals surface area contributed by atoms with Gasteiger partial charge in [-0.25, -0.2) is 0 Å². The fourth-order valence-corrected chi connectivity index (χ4v) is 3.26. The molecule has 0 saturated heterocycles. The second kappa shape index (κ2) is 5.03. The van der Waals surface area contributed by atoms with Crippen molar-refractivity contribution in [2.45, 2.75) is 6.54 Å². The van der Waals surface area contributed by atoms with E-state index in [1.165, 1.54) is 21.2 Å². The highest BCUT2D eigenvalue weighted by atomic mass is 32.1. The van der Waals surface area contributed by atoms with E-state index in [9.17, 15) is 0 Å². The van der Waals surface area contributed by atoms with Crippen molar-refractivity contribution in [1.82, 2.24) is 0 Å². The molecular formula is C16H15NOS. The molecule has 0 bridgehead atoms. The minimum atomic E-state index is 0.484. The van der Waals surface area contributed by atoms with E-state index >= 15 is 0 Å². The lowest BCUT2D eigenvalue weighted by molar-refractivity contribution is 0.410. The first kappa shape index (κ1) is 12.2. The molecule has 3 heteroatoms. The summed E-state index contributed by atoms with van der Waals surface area (Å²) in [4.78, 5) is 0. The van der Waals surface area contributed by atoms with E-state index < -0.39 is 0 Å². The smallest absolute Gasteiger partial charge is 0.123 e. The monoisotopic (exact) mass is 269 g/mol. The predicted octanol–water partition coefficient (Wildman–Crippen LogP) is 4.04. The number of fused-ring (bicyclic) bond motifs is 1. The van der Waals surface area contributed by atoms with Crippen LogP contribution in [0.3, 0.4) is 0 Å². The lowest BCUT2D eigenvalue weighted by Gasteiger charge is -2.10. The molecule has 1 heterocycles. The highest BCUT2D eigenvalue weighted by molar-refractivity contribution is 7.17. The second-order valence-corrected chi connectivity index (χ2v) is 5.29. The molecule has 2 nitrogen and oxygen atoms in total. The van der Waals surface area contributed by atoms with Gasteiger partial charge < -0.3 is 10.5 Å². The molecule has 0 spiro atoms. The summed E-state index contributed by atoms with van der Waals surface area (Å²) in [6.45, 7) is 0.484. The van der Waals surface area contributed by atoms with Gasteiger partial charge in [0.25, 0.3) is 0 Å². The third-order valence-corrected chi connectivity index (χ3v) is 4.25. The van der Waals surface area contributed by atoms with E-state index in [-0.39, 0.29) is 0 Å². The van der Waals surface area contributed by atoms with E-state index in [0.717, 1.165) is 11.3 Å². The molecule has 0 saturated carbocycles. The maximum Gasteiger partial charge on any atom is 0.123 e. The number of ether oxygens (including phenoxy) is 1. The summed E-state index contributed by atoms with van der Waals surface area (Å²) in [7, 11) is 1.67. The fourth-order valence-electron chi connectivity index (χ4n) is 2.33. The van der Waals surface area contributed by atoms with Gasteiger partial charge in [-0.1, -0.05) is 24.3 Å². The highest BCUT2D eigenvalue weighted by Crippen LogP contribution is 2.34. The summed E-state index contributed by atoms with van der Waals surface area (Å²) in [5.41, 5.74) is 9.27. The standard InChI is InChI=1S/C16H15NOS/c1-18-15-6-5-12(9-13(15)10-17)14-4-2-3-11-7-8-19-16(11)14/h2-9H,10,17H2,1H3. The van der Waals surface area contributed by atoms with Gasteiger partial charge in [0.05, 0.1) is 7.11 Å². The largest absolute Gasteiger partial charge is 0.496 e. The van der Waals surface area contributed by atoms with Gasteiger partial charge in [0.15, 0.2) is 0 Å². The van der Waals surface area contributed by atoms with E-state index in [0.29, 0.717) is 6.54 Å². The maximum atomic E-state index is 5.79. The van der Waals surface area contributed by atoms with Crippen LogP contribution in [0.4, 0.5) is 0 Å². The summed E-state index contributed by atoms with van der Waals surface area (Å²) >= 11 is 1.77. The van der Waals surface area contributed by atoms with Crippen molar-refractivity contribution in [3.63, 3.8) is 0 Å². The Hall–Kier alpha value is -1.84. The summed E-state index contributed by atoms with van der Waals surface area (Å²) in [5.74, 6) is 0.851. The number of methoxy groups -OCH3 is 1. The summed E-state index contributed by atoms with van der Waals surface area (Å²) in [6.07, 6.45) is 0.